The maximum Gasteiger partial charge on any atom is 0.177 e. The number of halogens is 1. The molecule has 1 heterocycles. The molecule has 1 aromatic carbocycles. The first-order chi connectivity index (χ1) is 8.13. The zero-order chi connectivity index (χ0) is 12.4. The first kappa shape index (κ1) is 12.5. The molecule has 0 N–H and O–H groups in total. The van der Waals surface area contributed by atoms with Crippen molar-refractivity contribution in [2.75, 3.05) is 27.7 Å². The minimum Gasteiger partial charge on any atom is -0.493 e. The Morgan fingerprint density at radius 1 is 1.35 bits per heavy atom. The number of fused-ring (bicyclic) bond motifs is 1. The van der Waals surface area contributed by atoms with Crippen LogP contribution in [0.1, 0.15) is 5.56 Å². The molecule has 92 valence electrons. The van der Waals surface area contributed by atoms with E-state index in [1.165, 1.54) is 5.56 Å². The number of hydrogen-bond donors (Lipinski definition) is 0. The first-order valence-electron chi connectivity index (χ1n) is 5.50. The molecular formula is C13H16BrNO2. The molecule has 2 rings (SSSR count). The van der Waals surface area contributed by atoms with Crippen molar-refractivity contribution in [3.05, 3.63) is 28.4 Å². The lowest BCUT2D eigenvalue weighted by molar-refractivity contribution is 0.409. The molecule has 0 bridgehead atoms. The number of methoxy groups -OCH3 is 1. The van der Waals surface area contributed by atoms with Crippen LogP contribution in [0.3, 0.4) is 0 Å². The molecule has 0 radical (unpaired) electrons. The largest absolute Gasteiger partial charge is 0.493 e. The number of hydrogen-bond acceptors (Lipinski definition) is 3. The highest BCUT2D eigenvalue weighted by Gasteiger charge is 2.13. The Morgan fingerprint density at radius 3 is 2.76 bits per heavy atom. The Hall–Kier alpha value is -1.00. The summed E-state index contributed by atoms with van der Waals surface area (Å²) in [5.41, 5.74) is 2.02. The molecule has 0 spiro atoms. The Labute approximate surface area is 109 Å². The Kier molecular flexibility index (Phi) is 3.74. The number of nitrogens with zero attached hydrogens (tertiary/aromatic N) is 1. The van der Waals surface area contributed by atoms with Crippen molar-refractivity contribution in [1.82, 2.24) is 4.90 Å². The molecule has 0 atom stereocenters. The minimum atomic E-state index is 0.777. The van der Waals surface area contributed by atoms with Crippen molar-refractivity contribution < 1.29 is 9.15 Å². The van der Waals surface area contributed by atoms with Gasteiger partial charge in [-0.25, -0.2) is 0 Å². The third-order valence-electron chi connectivity index (χ3n) is 2.76. The normalized spacial score (nSPS) is 11.4. The lowest BCUT2D eigenvalue weighted by Gasteiger charge is -2.08. The zero-order valence-corrected chi connectivity index (χ0v) is 11.9. The van der Waals surface area contributed by atoms with Crippen LogP contribution in [-0.4, -0.2) is 32.6 Å². The fourth-order valence-corrected chi connectivity index (χ4v) is 2.40. The van der Waals surface area contributed by atoms with Gasteiger partial charge in [0.25, 0.3) is 0 Å². The highest BCUT2D eigenvalue weighted by Crippen LogP contribution is 2.35. The Balaban J connectivity index is 2.44. The number of likely N-dealkylation sites (N-methyl/N-ethyl adjacent to an activating group) is 1. The second kappa shape index (κ2) is 5.10. The van der Waals surface area contributed by atoms with Crippen LogP contribution in [0, 0.1) is 0 Å². The zero-order valence-electron chi connectivity index (χ0n) is 10.3. The summed E-state index contributed by atoms with van der Waals surface area (Å²) in [5, 5.41) is 1.12. The number of ether oxygens (including phenoxy) is 1. The smallest absolute Gasteiger partial charge is 0.177 e. The van der Waals surface area contributed by atoms with E-state index >= 15 is 0 Å². The van der Waals surface area contributed by atoms with Gasteiger partial charge >= 0.3 is 0 Å². The average molecular weight is 298 g/mol. The van der Waals surface area contributed by atoms with E-state index in [1.54, 1.807) is 7.11 Å². The van der Waals surface area contributed by atoms with Crippen LogP contribution < -0.4 is 4.74 Å². The molecule has 0 aliphatic rings. The molecule has 4 heteroatoms. The molecular weight excluding hydrogens is 282 g/mol. The standard InChI is InChI=1S/C13H16BrNO2/c1-15(2)7-6-9-8-17-13-11(16-3)5-4-10(14)12(9)13/h4-5,8H,6-7H2,1-3H3. The summed E-state index contributed by atoms with van der Waals surface area (Å²) in [6.45, 7) is 0.998. The van der Waals surface area contributed by atoms with E-state index in [1.807, 2.05) is 18.4 Å². The lowest BCUT2D eigenvalue weighted by atomic mass is 10.1. The van der Waals surface area contributed by atoms with Gasteiger partial charge in [0.05, 0.1) is 13.4 Å². The molecule has 17 heavy (non-hydrogen) atoms. The van der Waals surface area contributed by atoms with Gasteiger partial charge < -0.3 is 14.1 Å². The summed E-state index contributed by atoms with van der Waals surface area (Å²) in [5.74, 6) is 0.777. The third-order valence-corrected chi connectivity index (χ3v) is 3.42. The second-order valence-corrected chi connectivity index (χ2v) is 5.12. The molecule has 2 aromatic rings. The summed E-state index contributed by atoms with van der Waals surface area (Å²) in [6.07, 6.45) is 2.78. The molecule has 1 aromatic heterocycles. The van der Waals surface area contributed by atoms with Crippen molar-refractivity contribution in [3.8, 4) is 5.75 Å². The maximum absolute atomic E-state index is 5.61. The van der Waals surface area contributed by atoms with E-state index in [2.05, 4.69) is 34.9 Å². The summed E-state index contributed by atoms with van der Waals surface area (Å²) in [6, 6.07) is 3.90. The Morgan fingerprint density at radius 2 is 2.12 bits per heavy atom. The molecule has 3 nitrogen and oxygen atoms in total. The van der Waals surface area contributed by atoms with E-state index in [0.717, 1.165) is 34.2 Å². The van der Waals surface area contributed by atoms with Crippen molar-refractivity contribution >= 4 is 26.9 Å². The highest BCUT2D eigenvalue weighted by molar-refractivity contribution is 9.10. The van der Waals surface area contributed by atoms with Crippen molar-refractivity contribution in [3.63, 3.8) is 0 Å². The maximum atomic E-state index is 5.61. The molecule has 0 saturated carbocycles. The van der Waals surface area contributed by atoms with Crippen LogP contribution >= 0.6 is 15.9 Å². The van der Waals surface area contributed by atoms with Gasteiger partial charge in [-0.05, 0) is 32.6 Å². The molecule has 0 aliphatic carbocycles. The van der Waals surface area contributed by atoms with E-state index in [0.29, 0.717) is 0 Å². The monoisotopic (exact) mass is 297 g/mol. The van der Waals surface area contributed by atoms with E-state index < -0.39 is 0 Å². The van der Waals surface area contributed by atoms with Gasteiger partial charge in [-0.1, -0.05) is 15.9 Å². The van der Waals surface area contributed by atoms with E-state index in [4.69, 9.17) is 9.15 Å². The van der Waals surface area contributed by atoms with Crippen molar-refractivity contribution in [2.24, 2.45) is 0 Å². The predicted octanol–water partition coefficient (Wildman–Crippen LogP) is 3.31. The molecule has 0 unspecified atom stereocenters. The fraction of sp³-hybridized carbons (Fsp3) is 0.385. The second-order valence-electron chi connectivity index (χ2n) is 4.27. The number of rotatable bonds is 4. The van der Waals surface area contributed by atoms with E-state index in [9.17, 15) is 0 Å². The van der Waals surface area contributed by atoms with Crippen molar-refractivity contribution in [2.45, 2.75) is 6.42 Å². The van der Waals surface area contributed by atoms with Crippen LogP contribution in [0.4, 0.5) is 0 Å². The molecule has 0 saturated heterocycles. The topological polar surface area (TPSA) is 25.6 Å². The molecule has 0 amide bonds. The number of furan rings is 1. The van der Waals surface area contributed by atoms with Crippen LogP contribution in [0.5, 0.6) is 5.75 Å². The highest BCUT2D eigenvalue weighted by atomic mass is 79.9. The van der Waals surface area contributed by atoms with Crippen LogP contribution in [0.25, 0.3) is 11.0 Å². The SMILES string of the molecule is COc1ccc(Br)c2c(CCN(C)C)coc12. The van der Waals surface area contributed by atoms with Gasteiger partial charge in [0, 0.05) is 22.0 Å². The van der Waals surface area contributed by atoms with E-state index in [-0.39, 0.29) is 0 Å². The lowest BCUT2D eigenvalue weighted by Crippen LogP contribution is -2.14. The summed E-state index contributed by atoms with van der Waals surface area (Å²) >= 11 is 3.57. The molecule has 0 aliphatic heterocycles. The summed E-state index contributed by atoms with van der Waals surface area (Å²) in [4.78, 5) is 2.16. The van der Waals surface area contributed by atoms with Crippen LogP contribution in [0.15, 0.2) is 27.3 Å². The van der Waals surface area contributed by atoms with Crippen LogP contribution in [0.2, 0.25) is 0 Å². The minimum absolute atomic E-state index is 0.777. The fourth-order valence-electron chi connectivity index (χ4n) is 1.83. The van der Waals surface area contributed by atoms with Crippen molar-refractivity contribution in [1.29, 1.82) is 0 Å². The Bertz CT molecular complexity index is 519. The third kappa shape index (κ3) is 2.48. The van der Waals surface area contributed by atoms with Gasteiger partial charge in [0.2, 0.25) is 0 Å². The van der Waals surface area contributed by atoms with Crippen LogP contribution in [-0.2, 0) is 6.42 Å². The quantitative estimate of drug-likeness (QED) is 0.866. The van der Waals surface area contributed by atoms with Gasteiger partial charge in [0.1, 0.15) is 0 Å². The summed E-state index contributed by atoms with van der Waals surface area (Å²) < 4.78 is 12.0. The average Bonchev–Trinajstić information content (AvgIpc) is 2.72. The summed E-state index contributed by atoms with van der Waals surface area (Å²) in [7, 11) is 5.79. The number of benzene rings is 1. The van der Waals surface area contributed by atoms with Gasteiger partial charge in [-0.15, -0.1) is 0 Å². The van der Waals surface area contributed by atoms with Gasteiger partial charge in [-0.3, -0.25) is 0 Å². The van der Waals surface area contributed by atoms with Gasteiger partial charge in [-0.2, -0.15) is 0 Å². The van der Waals surface area contributed by atoms with Gasteiger partial charge in [0.15, 0.2) is 11.3 Å². The predicted molar refractivity (Wildman–Crippen MR) is 72.7 cm³/mol. The molecule has 0 fully saturated rings. The first-order valence-corrected chi connectivity index (χ1v) is 6.30.